The van der Waals surface area contributed by atoms with E-state index in [4.69, 9.17) is 0 Å². The van der Waals surface area contributed by atoms with Crippen molar-refractivity contribution in [1.29, 1.82) is 0 Å². The van der Waals surface area contributed by atoms with Crippen molar-refractivity contribution < 1.29 is 4.21 Å². The molecule has 0 saturated carbocycles. The number of hydrogen-bond donors (Lipinski definition) is 1. The summed E-state index contributed by atoms with van der Waals surface area (Å²) in [6.45, 7) is 8.00. The summed E-state index contributed by atoms with van der Waals surface area (Å²) in [5.41, 5.74) is 1.27. The molecule has 0 bridgehead atoms. The normalized spacial score (nSPS) is 15.8. The van der Waals surface area contributed by atoms with Gasteiger partial charge in [0.05, 0.1) is 15.7 Å². The van der Waals surface area contributed by atoms with E-state index in [1.54, 1.807) is 0 Å². The van der Waals surface area contributed by atoms with Gasteiger partial charge < -0.3 is 0 Å². The van der Waals surface area contributed by atoms with Gasteiger partial charge in [-0.3, -0.25) is 0 Å². The van der Waals surface area contributed by atoms with Crippen LogP contribution in [0.15, 0.2) is 30.3 Å². The minimum atomic E-state index is -0.991. The molecule has 0 aliphatic carbocycles. The maximum Gasteiger partial charge on any atom is 0.0972 e. The zero-order valence-electron chi connectivity index (χ0n) is 10.5. The van der Waals surface area contributed by atoms with Gasteiger partial charge in [0, 0.05) is 6.04 Å². The summed E-state index contributed by atoms with van der Waals surface area (Å²) in [5.74, 6) is 0. The van der Waals surface area contributed by atoms with E-state index < -0.39 is 11.0 Å². The maximum atomic E-state index is 11.9. The highest BCUT2D eigenvalue weighted by atomic mass is 32.2. The van der Waals surface area contributed by atoms with Crippen LogP contribution < -0.4 is 4.72 Å². The molecule has 1 aromatic carbocycles. The Morgan fingerprint density at radius 2 is 1.81 bits per heavy atom. The van der Waals surface area contributed by atoms with Crippen LogP contribution in [0.1, 0.15) is 33.3 Å². The Morgan fingerprint density at radius 1 is 1.25 bits per heavy atom. The molecule has 1 rings (SSSR count). The molecular formula is C13H21NOS. The highest BCUT2D eigenvalue weighted by Gasteiger charge is 2.20. The fraction of sp³-hybridized carbons (Fsp3) is 0.538. The molecule has 0 amide bonds. The Bertz CT molecular complexity index is 343. The lowest BCUT2D eigenvalue weighted by atomic mass is 10.1. The Labute approximate surface area is 101 Å². The second-order valence-electron chi connectivity index (χ2n) is 5.09. The third-order valence-corrected chi connectivity index (χ3v) is 3.98. The molecule has 0 heterocycles. The van der Waals surface area contributed by atoms with E-state index in [-0.39, 0.29) is 10.8 Å². The topological polar surface area (TPSA) is 29.1 Å². The molecule has 90 valence electrons. The zero-order chi connectivity index (χ0) is 12.2. The fourth-order valence-corrected chi connectivity index (χ4v) is 2.17. The van der Waals surface area contributed by atoms with Crippen LogP contribution in [-0.2, 0) is 17.4 Å². The van der Waals surface area contributed by atoms with Gasteiger partial charge in [-0.25, -0.2) is 8.93 Å². The minimum absolute atomic E-state index is 0.203. The molecule has 0 aliphatic rings. The lowest BCUT2D eigenvalue weighted by Crippen LogP contribution is -2.39. The first-order chi connectivity index (χ1) is 7.39. The van der Waals surface area contributed by atoms with Crippen LogP contribution in [0.2, 0.25) is 0 Å². The van der Waals surface area contributed by atoms with E-state index in [0.29, 0.717) is 0 Å². The van der Waals surface area contributed by atoms with Crippen LogP contribution in [0.5, 0.6) is 0 Å². The van der Waals surface area contributed by atoms with Crippen molar-refractivity contribution in [2.24, 2.45) is 0 Å². The van der Waals surface area contributed by atoms with Crippen molar-refractivity contribution in [2.75, 3.05) is 0 Å². The Balaban J connectivity index is 2.49. The molecule has 0 fully saturated rings. The Hall–Kier alpha value is -0.670. The Kier molecular flexibility index (Phi) is 4.69. The van der Waals surface area contributed by atoms with Crippen molar-refractivity contribution in [3.05, 3.63) is 35.9 Å². The van der Waals surface area contributed by atoms with Crippen LogP contribution >= 0.6 is 0 Å². The summed E-state index contributed by atoms with van der Waals surface area (Å²) in [6, 6.07) is 10.5. The summed E-state index contributed by atoms with van der Waals surface area (Å²) >= 11 is 0. The summed E-state index contributed by atoms with van der Waals surface area (Å²) < 4.78 is 14.8. The van der Waals surface area contributed by atoms with Gasteiger partial charge in [-0.15, -0.1) is 0 Å². The molecule has 0 saturated heterocycles. The van der Waals surface area contributed by atoms with Crippen LogP contribution in [0, 0.1) is 0 Å². The van der Waals surface area contributed by atoms with Crippen LogP contribution in [-0.4, -0.2) is 15.0 Å². The van der Waals surface area contributed by atoms with E-state index in [2.05, 4.69) is 23.8 Å². The van der Waals surface area contributed by atoms with E-state index in [1.807, 2.05) is 39.0 Å². The smallest absolute Gasteiger partial charge is 0.0972 e. The average molecular weight is 239 g/mol. The van der Waals surface area contributed by atoms with Crippen LogP contribution in [0.25, 0.3) is 0 Å². The Morgan fingerprint density at radius 3 is 2.31 bits per heavy atom. The van der Waals surface area contributed by atoms with E-state index in [1.165, 1.54) is 5.56 Å². The molecule has 0 spiro atoms. The van der Waals surface area contributed by atoms with Gasteiger partial charge in [0.15, 0.2) is 0 Å². The van der Waals surface area contributed by atoms with Gasteiger partial charge in [-0.05, 0) is 39.7 Å². The predicted molar refractivity (Wildman–Crippen MR) is 70.6 cm³/mol. The molecule has 2 nitrogen and oxygen atoms in total. The summed E-state index contributed by atoms with van der Waals surface area (Å²) in [4.78, 5) is 0. The van der Waals surface area contributed by atoms with Gasteiger partial charge in [0.25, 0.3) is 0 Å². The number of nitrogens with one attached hydrogen (secondary N) is 1. The van der Waals surface area contributed by atoms with Crippen LogP contribution in [0.4, 0.5) is 0 Å². The number of benzene rings is 1. The third-order valence-electron chi connectivity index (χ3n) is 2.25. The lowest BCUT2D eigenvalue weighted by Gasteiger charge is -2.21. The molecule has 1 N–H and O–H groups in total. The highest BCUT2D eigenvalue weighted by molar-refractivity contribution is 7.84. The molecule has 2 atom stereocenters. The predicted octanol–water partition coefficient (Wildman–Crippen LogP) is 2.67. The maximum absolute atomic E-state index is 11.9. The molecule has 3 heteroatoms. The van der Waals surface area contributed by atoms with Gasteiger partial charge >= 0.3 is 0 Å². The van der Waals surface area contributed by atoms with Crippen molar-refractivity contribution >= 4 is 11.0 Å². The van der Waals surface area contributed by atoms with E-state index in [9.17, 15) is 4.21 Å². The van der Waals surface area contributed by atoms with Crippen LogP contribution in [0.3, 0.4) is 0 Å². The van der Waals surface area contributed by atoms with Crippen molar-refractivity contribution in [3.8, 4) is 0 Å². The summed E-state index contributed by atoms with van der Waals surface area (Å²) in [6.07, 6.45) is 0.905. The summed E-state index contributed by atoms with van der Waals surface area (Å²) in [7, 11) is -0.991. The number of rotatable bonds is 4. The summed E-state index contributed by atoms with van der Waals surface area (Å²) in [5, 5.41) is 0. The van der Waals surface area contributed by atoms with Crippen molar-refractivity contribution in [2.45, 2.75) is 44.9 Å². The monoisotopic (exact) mass is 239 g/mol. The molecule has 0 aliphatic heterocycles. The largest absolute Gasteiger partial charge is 0.242 e. The first-order valence-electron chi connectivity index (χ1n) is 5.61. The molecule has 0 radical (unpaired) electrons. The third kappa shape index (κ3) is 4.45. The second kappa shape index (κ2) is 5.60. The molecule has 16 heavy (non-hydrogen) atoms. The highest BCUT2D eigenvalue weighted by Crippen LogP contribution is 2.10. The number of hydrogen-bond acceptors (Lipinski definition) is 1. The zero-order valence-corrected chi connectivity index (χ0v) is 11.3. The standard InChI is InChI=1S/C13H21NOS/c1-11(14-16(15)13(2,3)4)10-12-8-6-5-7-9-12/h5-9,11,14H,10H2,1-4H3/t11-,16?/m0/s1. The average Bonchev–Trinajstić information content (AvgIpc) is 2.17. The van der Waals surface area contributed by atoms with Gasteiger partial charge in [0.1, 0.15) is 0 Å². The van der Waals surface area contributed by atoms with Gasteiger partial charge in [0.2, 0.25) is 0 Å². The van der Waals surface area contributed by atoms with E-state index in [0.717, 1.165) is 6.42 Å². The first-order valence-corrected chi connectivity index (χ1v) is 6.76. The molecule has 1 aromatic rings. The molecule has 0 aromatic heterocycles. The van der Waals surface area contributed by atoms with Gasteiger partial charge in [-0.2, -0.15) is 0 Å². The SMILES string of the molecule is C[C@@H](Cc1ccccc1)NS(=O)C(C)(C)C. The van der Waals surface area contributed by atoms with E-state index >= 15 is 0 Å². The lowest BCUT2D eigenvalue weighted by molar-refractivity contribution is 0.604. The molecular weight excluding hydrogens is 218 g/mol. The first kappa shape index (κ1) is 13.4. The fourth-order valence-electron chi connectivity index (χ4n) is 1.37. The second-order valence-corrected chi connectivity index (χ2v) is 7.09. The molecule has 1 unspecified atom stereocenters. The van der Waals surface area contributed by atoms with Crippen molar-refractivity contribution in [3.63, 3.8) is 0 Å². The quantitative estimate of drug-likeness (QED) is 0.860. The van der Waals surface area contributed by atoms with Gasteiger partial charge in [-0.1, -0.05) is 30.3 Å². The van der Waals surface area contributed by atoms with Crippen molar-refractivity contribution in [1.82, 2.24) is 4.72 Å². The minimum Gasteiger partial charge on any atom is -0.242 e.